The minimum absolute atomic E-state index is 0.602. The third kappa shape index (κ3) is 1.91. The Labute approximate surface area is 101 Å². The highest BCUT2D eigenvalue weighted by Gasteiger charge is 2.17. The lowest BCUT2D eigenvalue weighted by molar-refractivity contribution is 0.340. The number of hydrogen-bond donors (Lipinski definition) is 1. The average Bonchev–Trinajstić information content (AvgIpc) is 2.96. The van der Waals surface area contributed by atoms with Gasteiger partial charge in [0.1, 0.15) is 5.75 Å². The topological polar surface area (TPSA) is 26.2 Å². The van der Waals surface area contributed by atoms with E-state index in [-0.39, 0.29) is 0 Å². The van der Waals surface area contributed by atoms with Gasteiger partial charge in [-0.1, -0.05) is 0 Å². The predicted molar refractivity (Wildman–Crippen MR) is 69.6 cm³/mol. The summed E-state index contributed by atoms with van der Waals surface area (Å²) in [4.78, 5) is 0. The molecule has 3 heteroatoms. The van der Waals surface area contributed by atoms with E-state index >= 15 is 0 Å². The van der Waals surface area contributed by atoms with Crippen LogP contribution < -0.4 is 10.1 Å². The summed E-state index contributed by atoms with van der Waals surface area (Å²) >= 11 is 0. The number of benzene rings is 1. The molecule has 1 aromatic carbocycles. The number of aromatic nitrogens is 1. The van der Waals surface area contributed by atoms with Crippen molar-refractivity contribution in [3.05, 3.63) is 30.5 Å². The van der Waals surface area contributed by atoms with Gasteiger partial charge in [0.05, 0.1) is 6.61 Å². The lowest BCUT2D eigenvalue weighted by Crippen LogP contribution is -2.12. The van der Waals surface area contributed by atoms with Gasteiger partial charge < -0.3 is 14.6 Å². The molecule has 0 spiro atoms. The second-order valence-electron chi connectivity index (χ2n) is 4.52. The quantitative estimate of drug-likeness (QED) is 0.877. The van der Waals surface area contributed by atoms with Crippen LogP contribution in [0, 0.1) is 0 Å². The summed E-state index contributed by atoms with van der Waals surface area (Å²) in [5.74, 6) is 0.960. The molecule has 0 aliphatic carbocycles. The zero-order valence-corrected chi connectivity index (χ0v) is 10.1. The first kappa shape index (κ1) is 10.7. The summed E-state index contributed by atoms with van der Waals surface area (Å²) in [5, 5.41) is 4.68. The van der Waals surface area contributed by atoms with E-state index in [1.165, 1.54) is 17.3 Å². The Hall–Kier alpha value is -1.48. The number of rotatable bonds is 3. The third-order valence-corrected chi connectivity index (χ3v) is 3.43. The number of hydrogen-bond acceptors (Lipinski definition) is 2. The zero-order valence-electron chi connectivity index (χ0n) is 10.1. The SMILES string of the molecule is CCOc1ccc2c(ccn2C2CCNC2)c1. The standard InChI is InChI=1S/C14H18N2O/c1-2-17-13-3-4-14-11(9-13)6-8-16(14)12-5-7-15-10-12/h3-4,6,8-9,12,15H,2,5,7,10H2,1H3. The number of nitrogens with zero attached hydrogens (tertiary/aromatic N) is 1. The molecule has 1 aromatic heterocycles. The maximum atomic E-state index is 5.53. The van der Waals surface area contributed by atoms with Crippen LogP contribution in [0.5, 0.6) is 5.75 Å². The van der Waals surface area contributed by atoms with Gasteiger partial charge in [-0.3, -0.25) is 0 Å². The highest BCUT2D eigenvalue weighted by Crippen LogP contribution is 2.26. The lowest BCUT2D eigenvalue weighted by Gasteiger charge is -2.13. The summed E-state index contributed by atoms with van der Waals surface area (Å²) in [7, 11) is 0. The maximum absolute atomic E-state index is 5.53. The van der Waals surface area contributed by atoms with Gasteiger partial charge >= 0.3 is 0 Å². The van der Waals surface area contributed by atoms with Crippen molar-refractivity contribution in [2.24, 2.45) is 0 Å². The van der Waals surface area contributed by atoms with Crippen molar-refractivity contribution >= 4 is 10.9 Å². The van der Waals surface area contributed by atoms with Crippen LogP contribution in [0.3, 0.4) is 0 Å². The minimum Gasteiger partial charge on any atom is -0.494 e. The molecule has 3 rings (SSSR count). The van der Waals surface area contributed by atoms with Crippen molar-refractivity contribution < 1.29 is 4.74 Å². The number of ether oxygens (including phenoxy) is 1. The lowest BCUT2D eigenvalue weighted by atomic mass is 10.2. The monoisotopic (exact) mass is 230 g/mol. The Morgan fingerprint density at radius 2 is 2.35 bits per heavy atom. The Kier molecular flexibility index (Phi) is 2.77. The second kappa shape index (κ2) is 4.41. The van der Waals surface area contributed by atoms with Crippen molar-refractivity contribution in [2.45, 2.75) is 19.4 Å². The van der Waals surface area contributed by atoms with Crippen LogP contribution in [0.25, 0.3) is 10.9 Å². The molecule has 0 amide bonds. The van der Waals surface area contributed by atoms with Gasteiger partial charge in [-0.25, -0.2) is 0 Å². The molecule has 1 N–H and O–H groups in total. The van der Waals surface area contributed by atoms with Crippen LogP contribution in [0.15, 0.2) is 30.5 Å². The average molecular weight is 230 g/mol. The first-order chi connectivity index (χ1) is 8.38. The highest BCUT2D eigenvalue weighted by molar-refractivity contribution is 5.81. The molecule has 3 nitrogen and oxygen atoms in total. The van der Waals surface area contributed by atoms with Gasteiger partial charge in [0, 0.05) is 29.7 Å². The molecule has 1 unspecified atom stereocenters. The molecule has 1 fully saturated rings. The Morgan fingerprint density at radius 3 is 3.12 bits per heavy atom. The van der Waals surface area contributed by atoms with Crippen LogP contribution in [0.4, 0.5) is 0 Å². The molecule has 1 aliphatic heterocycles. The van der Waals surface area contributed by atoms with Gasteiger partial charge in [-0.05, 0) is 44.2 Å². The number of nitrogens with one attached hydrogen (secondary N) is 1. The summed E-state index contributed by atoms with van der Waals surface area (Å²) < 4.78 is 7.91. The van der Waals surface area contributed by atoms with Crippen LogP contribution in [-0.2, 0) is 0 Å². The molecule has 2 heterocycles. The molecule has 0 saturated carbocycles. The molecule has 1 atom stereocenters. The summed E-state index contributed by atoms with van der Waals surface area (Å²) in [6.07, 6.45) is 3.41. The van der Waals surface area contributed by atoms with Gasteiger partial charge in [0.25, 0.3) is 0 Å². The van der Waals surface area contributed by atoms with Crippen molar-refractivity contribution in [1.82, 2.24) is 9.88 Å². The predicted octanol–water partition coefficient (Wildman–Crippen LogP) is 2.57. The van der Waals surface area contributed by atoms with Crippen molar-refractivity contribution in [1.29, 1.82) is 0 Å². The molecule has 17 heavy (non-hydrogen) atoms. The Morgan fingerprint density at radius 1 is 1.41 bits per heavy atom. The Bertz CT molecular complexity index is 512. The smallest absolute Gasteiger partial charge is 0.120 e. The highest BCUT2D eigenvalue weighted by atomic mass is 16.5. The Balaban J connectivity index is 1.98. The van der Waals surface area contributed by atoms with Crippen LogP contribution in [0.1, 0.15) is 19.4 Å². The summed E-state index contributed by atoms with van der Waals surface area (Å²) in [5.41, 5.74) is 1.31. The summed E-state index contributed by atoms with van der Waals surface area (Å²) in [6, 6.07) is 9.13. The second-order valence-corrected chi connectivity index (χ2v) is 4.52. The van der Waals surface area contributed by atoms with Crippen molar-refractivity contribution in [2.75, 3.05) is 19.7 Å². The molecule has 1 aliphatic rings. The van der Waals surface area contributed by atoms with Crippen LogP contribution in [0.2, 0.25) is 0 Å². The summed E-state index contributed by atoms with van der Waals surface area (Å²) in [6.45, 7) is 4.94. The largest absolute Gasteiger partial charge is 0.494 e. The van der Waals surface area contributed by atoms with E-state index in [4.69, 9.17) is 4.74 Å². The molecule has 0 radical (unpaired) electrons. The number of fused-ring (bicyclic) bond motifs is 1. The zero-order chi connectivity index (χ0) is 11.7. The third-order valence-electron chi connectivity index (χ3n) is 3.43. The van der Waals surface area contributed by atoms with Crippen LogP contribution in [-0.4, -0.2) is 24.3 Å². The van der Waals surface area contributed by atoms with Gasteiger partial charge in [-0.15, -0.1) is 0 Å². The van der Waals surface area contributed by atoms with Gasteiger partial charge in [-0.2, -0.15) is 0 Å². The van der Waals surface area contributed by atoms with E-state index in [1.54, 1.807) is 0 Å². The normalized spacial score (nSPS) is 19.9. The van der Waals surface area contributed by atoms with E-state index in [2.05, 4.69) is 40.3 Å². The molecular weight excluding hydrogens is 212 g/mol. The van der Waals surface area contributed by atoms with E-state index in [0.717, 1.165) is 25.4 Å². The molecule has 1 saturated heterocycles. The van der Waals surface area contributed by atoms with Gasteiger partial charge in [0.15, 0.2) is 0 Å². The van der Waals surface area contributed by atoms with E-state index < -0.39 is 0 Å². The fraction of sp³-hybridized carbons (Fsp3) is 0.429. The van der Waals surface area contributed by atoms with E-state index in [9.17, 15) is 0 Å². The molecule has 0 bridgehead atoms. The van der Waals surface area contributed by atoms with E-state index in [1.807, 2.05) is 6.92 Å². The molecule has 90 valence electrons. The molecule has 2 aromatic rings. The fourth-order valence-electron chi connectivity index (χ4n) is 2.59. The molecular formula is C14H18N2O. The van der Waals surface area contributed by atoms with E-state index in [0.29, 0.717) is 6.04 Å². The maximum Gasteiger partial charge on any atom is 0.120 e. The first-order valence-electron chi connectivity index (χ1n) is 6.32. The fourth-order valence-corrected chi connectivity index (χ4v) is 2.59. The van der Waals surface area contributed by atoms with Crippen molar-refractivity contribution in [3.63, 3.8) is 0 Å². The minimum atomic E-state index is 0.602. The van der Waals surface area contributed by atoms with Crippen molar-refractivity contribution in [3.8, 4) is 5.75 Å². The first-order valence-corrected chi connectivity index (χ1v) is 6.32. The van der Waals surface area contributed by atoms with Gasteiger partial charge in [0.2, 0.25) is 0 Å². The van der Waals surface area contributed by atoms with Crippen LogP contribution >= 0.6 is 0 Å².